The van der Waals surface area contributed by atoms with Crippen LogP contribution in [0.15, 0.2) is 29.3 Å². The van der Waals surface area contributed by atoms with E-state index in [-0.39, 0.29) is 5.56 Å². The molecule has 68 valence electrons. The molecule has 13 heavy (non-hydrogen) atoms. The van der Waals surface area contributed by atoms with Crippen LogP contribution in [-0.4, -0.2) is 11.1 Å². The van der Waals surface area contributed by atoms with Crippen molar-refractivity contribution in [1.82, 2.24) is 0 Å². The first kappa shape index (κ1) is 10.3. The zero-order chi connectivity index (χ0) is 9.84. The fraction of sp³-hybridized carbons (Fsp3) is 0. The van der Waals surface area contributed by atoms with Crippen molar-refractivity contribution in [2.24, 2.45) is 0 Å². The highest BCUT2D eigenvalue weighted by molar-refractivity contribution is 9.11. The van der Waals surface area contributed by atoms with Crippen LogP contribution in [0.2, 0.25) is 0 Å². The number of hydrogen-bond acceptors (Lipinski definition) is 1. The Morgan fingerprint density at radius 1 is 1.31 bits per heavy atom. The lowest BCUT2D eigenvalue weighted by molar-refractivity contribution is 0.0697. The molecule has 1 aromatic carbocycles. The third-order valence-electron chi connectivity index (χ3n) is 1.50. The van der Waals surface area contributed by atoms with E-state index in [1.54, 1.807) is 17.1 Å². The quantitative estimate of drug-likeness (QED) is 0.887. The predicted octanol–water partition coefficient (Wildman–Crippen LogP) is 3.32. The number of benzene rings is 1. The highest BCUT2D eigenvalue weighted by Gasteiger charge is 2.02. The van der Waals surface area contributed by atoms with Crippen LogP contribution in [0.25, 0.3) is 5.03 Å². The lowest BCUT2D eigenvalue weighted by Crippen LogP contribution is -1.95. The molecule has 4 heteroatoms. The van der Waals surface area contributed by atoms with Crippen LogP contribution in [0.1, 0.15) is 15.9 Å². The highest BCUT2D eigenvalue weighted by atomic mass is 79.9. The number of aromatic carboxylic acids is 1. The molecule has 1 N–H and O–H groups in total. The molecule has 0 spiro atoms. The largest absolute Gasteiger partial charge is 0.478 e. The molecule has 0 saturated carbocycles. The first-order chi connectivity index (χ1) is 6.15. The number of carbonyl (C=O) groups is 1. The van der Waals surface area contributed by atoms with Gasteiger partial charge in [-0.2, -0.15) is 0 Å². The van der Waals surface area contributed by atoms with Gasteiger partial charge in [0.2, 0.25) is 0 Å². The van der Waals surface area contributed by atoms with Gasteiger partial charge in [0.25, 0.3) is 0 Å². The van der Waals surface area contributed by atoms with E-state index in [2.05, 4.69) is 15.9 Å². The molecule has 0 saturated heterocycles. The van der Waals surface area contributed by atoms with Crippen molar-refractivity contribution in [3.05, 3.63) is 40.4 Å². The Morgan fingerprint density at radius 3 is 2.15 bits per heavy atom. The minimum atomic E-state index is -0.939. The normalized spacial score (nSPS) is 11.4. The number of rotatable bonds is 2. The summed E-state index contributed by atoms with van der Waals surface area (Å²) in [7, 11) is 0. The number of carboxylic acids is 1. The molecule has 1 rings (SSSR count). The number of carboxylic acid groups (broad SMARTS) is 1. The zero-order valence-corrected chi connectivity index (χ0v) is 8.84. The van der Waals surface area contributed by atoms with E-state index in [1.165, 1.54) is 12.1 Å². The lowest BCUT2D eigenvalue weighted by atomic mass is 10.1. The standard InChI is InChI=1S/C9H6BrClO2/c10-5-8(11)6-1-3-7(4-2-6)9(12)13/h1-5H,(H,12,13)/b8-5-. The summed E-state index contributed by atoms with van der Waals surface area (Å²) in [6.45, 7) is 0. The molecular weight excluding hydrogens is 255 g/mol. The van der Waals surface area contributed by atoms with Crippen molar-refractivity contribution in [2.75, 3.05) is 0 Å². The molecular formula is C9H6BrClO2. The first-order valence-electron chi connectivity index (χ1n) is 3.44. The van der Waals surface area contributed by atoms with Crippen LogP contribution in [0.4, 0.5) is 0 Å². The average Bonchev–Trinajstić information content (AvgIpc) is 2.17. The van der Waals surface area contributed by atoms with E-state index in [9.17, 15) is 4.79 Å². The molecule has 0 aliphatic rings. The summed E-state index contributed by atoms with van der Waals surface area (Å²) >= 11 is 8.88. The van der Waals surface area contributed by atoms with Gasteiger partial charge in [0, 0.05) is 4.99 Å². The summed E-state index contributed by atoms with van der Waals surface area (Å²) in [5.41, 5.74) is 1.03. The zero-order valence-electron chi connectivity index (χ0n) is 6.50. The minimum Gasteiger partial charge on any atom is -0.478 e. The van der Waals surface area contributed by atoms with E-state index in [1.807, 2.05) is 0 Å². The van der Waals surface area contributed by atoms with Gasteiger partial charge in [-0.05, 0) is 17.7 Å². The van der Waals surface area contributed by atoms with Gasteiger partial charge >= 0.3 is 5.97 Å². The summed E-state index contributed by atoms with van der Waals surface area (Å²) in [4.78, 5) is 12.1. The summed E-state index contributed by atoms with van der Waals surface area (Å²) < 4.78 is 0. The minimum absolute atomic E-state index is 0.253. The Bertz CT molecular complexity index is 343. The van der Waals surface area contributed by atoms with E-state index in [4.69, 9.17) is 16.7 Å². The van der Waals surface area contributed by atoms with E-state index in [0.717, 1.165) is 5.56 Å². The average molecular weight is 262 g/mol. The van der Waals surface area contributed by atoms with Crippen LogP contribution in [0, 0.1) is 0 Å². The van der Waals surface area contributed by atoms with Gasteiger partial charge in [-0.25, -0.2) is 4.79 Å². The van der Waals surface area contributed by atoms with Gasteiger partial charge in [-0.1, -0.05) is 39.7 Å². The summed E-state index contributed by atoms with van der Waals surface area (Å²) in [5.74, 6) is -0.939. The second-order valence-corrected chi connectivity index (χ2v) is 3.20. The van der Waals surface area contributed by atoms with Crippen molar-refractivity contribution < 1.29 is 9.90 Å². The van der Waals surface area contributed by atoms with Gasteiger partial charge in [0.05, 0.1) is 10.6 Å². The molecule has 0 fully saturated rings. The van der Waals surface area contributed by atoms with Gasteiger partial charge < -0.3 is 5.11 Å². The molecule has 1 aromatic rings. The number of hydrogen-bond donors (Lipinski definition) is 1. The smallest absolute Gasteiger partial charge is 0.335 e. The Morgan fingerprint density at radius 2 is 1.77 bits per heavy atom. The SMILES string of the molecule is O=C(O)c1ccc(/C(Cl)=C/Br)cc1. The molecule has 0 unspecified atom stereocenters. The first-order valence-corrected chi connectivity index (χ1v) is 4.74. The summed E-state index contributed by atoms with van der Waals surface area (Å²) in [6, 6.07) is 6.33. The Hall–Kier alpha value is -0.800. The molecule has 0 bridgehead atoms. The van der Waals surface area contributed by atoms with E-state index in [0.29, 0.717) is 5.03 Å². The van der Waals surface area contributed by atoms with E-state index < -0.39 is 5.97 Å². The van der Waals surface area contributed by atoms with Crippen LogP contribution in [0.5, 0.6) is 0 Å². The number of halogens is 2. The van der Waals surface area contributed by atoms with Gasteiger partial charge in [-0.3, -0.25) is 0 Å². The van der Waals surface area contributed by atoms with Crippen LogP contribution < -0.4 is 0 Å². The molecule has 0 atom stereocenters. The molecule has 0 radical (unpaired) electrons. The predicted molar refractivity (Wildman–Crippen MR) is 56.2 cm³/mol. The Kier molecular flexibility index (Phi) is 3.51. The third kappa shape index (κ3) is 2.57. The maximum absolute atomic E-state index is 10.5. The van der Waals surface area contributed by atoms with Gasteiger partial charge in [0.1, 0.15) is 0 Å². The van der Waals surface area contributed by atoms with Crippen LogP contribution in [0.3, 0.4) is 0 Å². The summed E-state index contributed by atoms with van der Waals surface area (Å²) in [5, 5.41) is 9.15. The Balaban J connectivity index is 3.00. The molecule has 0 heterocycles. The second-order valence-electron chi connectivity index (χ2n) is 2.34. The third-order valence-corrected chi connectivity index (χ3v) is 2.55. The second kappa shape index (κ2) is 4.44. The van der Waals surface area contributed by atoms with Gasteiger partial charge in [0.15, 0.2) is 0 Å². The van der Waals surface area contributed by atoms with E-state index >= 15 is 0 Å². The van der Waals surface area contributed by atoms with Gasteiger partial charge in [-0.15, -0.1) is 0 Å². The molecule has 0 aliphatic heterocycles. The Labute approximate surface area is 89.0 Å². The fourth-order valence-electron chi connectivity index (χ4n) is 0.835. The molecule has 0 aliphatic carbocycles. The van der Waals surface area contributed by atoms with Crippen molar-refractivity contribution >= 4 is 38.5 Å². The topological polar surface area (TPSA) is 37.3 Å². The molecule has 0 amide bonds. The van der Waals surface area contributed by atoms with Crippen molar-refractivity contribution in [1.29, 1.82) is 0 Å². The maximum atomic E-state index is 10.5. The van der Waals surface area contributed by atoms with Crippen molar-refractivity contribution in [3.63, 3.8) is 0 Å². The lowest BCUT2D eigenvalue weighted by Gasteiger charge is -1.98. The highest BCUT2D eigenvalue weighted by Crippen LogP contribution is 2.20. The van der Waals surface area contributed by atoms with Crippen LogP contribution in [-0.2, 0) is 0 Å². The maximum Gasteiger partial charge on any atom is 0.335 e. The van der Waals surface area contributed by atoms with Crippen molar-refractivity contribution in [2.45, 2.75) is 0 Å². The fourth-order valence-corrected chi connectivity index (χ4v) is 1.23. The van der Waals surface area contributed by atoms with Crippen LogP contribution >= 0.6 is 27.5 Å². The molecule has 0 aromatic heterocycles. The monoisotopic (exact) mass is 260 g/mol. The molecule has 2 nitrogen and oxygen atoms in total. The summed E-state index contributed by atoms with van der Waals surface area (Å²) in [6.07, 6.45) is 0. The van der Waals surface area contributed by atoms with Crippen molar-refractivity contribution in [3.8, 4) is 0 Å².